The molecule has 3 aliphatic rings. The molecule has 3 aliphatic carbocycles. The molecular weight excluding hydrogens is 188 g/mol. The molecule has 0 N–H and O–H groups in total. The van der Waals surface area contributed by atoms with Gasteiger partial charge in [-0.05, 0) is 37.0 Å². The molecule has 10 heavy (non-hydrogen) atoms. The summed E-state index contributed by atoms with van der Waals surface area (Å²) in [6.07, 6.45) is 7.65. The topological polar surface area (TPSA) is 0 Å². The zero-order valence-corrected chi connectivity index (χ0v) is 7.94. The van der Waals surface area contributed by atoms with E-state index in [2.05, 4.69) is 15.9 Å². The standard InChI is InChI=1S/C9H15Br/c10-6-9-5-7-1-3-8(9)4-2-7/h7-9H,1-6H2. The highest BCUT2D eigenvalue weighted by molar-refractivity contribution is 9.09. The van der Waals surface area contributed by atoms with Gasteiger partial charge in [0, 0.05) is 5.33 Å². The quantitative estimate of drug-likeness (QED) is 0.574. The maximum absolute atomic E-state index is 3.61. The summed E-state index contributed by atoms with van der Waals surface area (Å²) in [5.74, 6) is 3.23. The first-order chi connectivity index (χ1) is 4.90. The summed E-state index contributed by atoms with van der Waals surface area (Å²) in [5, 5.41) is 1.26. The molecule has 0 aromatic carbocycles. The second kappa shape index (κ2) is 2.84. The maximum atomic E-state index is 3.61. The van der Waals surface area contributed by atoms with E-state index in [0.29, 0.717) is 0 Å². The lowest BCUT2D eigenvalue weighted by molar-refractivity contribution is 0.115. The first-order valence-electron chi connectivity index (χ1n) is 4.46. The zero-order valence-electron chi connectivity index (χ0n) is 6.35. The lowest BCUT2D eigenvalue weighted by Gasteiger charge is -2.41. The van der Waals surface area contributed by atoms with Crippen LogP contribution in [0.4, 0.5) is 0 Å². The fourth-order valence-corrected chi connectivity index (χ4v) is 3.50. The monoisotopic (exact) mass is 202 g/mol. The van der Waals surface area contributed by atoms with Crippen LogP contribution in [-0.2, 0) is 0 Å². The van der Waals surface area contributed by atoms with Crippen LogP contribution in [0.15, 0.2) is 0 Å². The SMILES string of the molecule is BrCC1CC2CCC1CC2. The number of rotatable bonds is 1. The molecule has 0 aliphatic heterocycles. The van der Waals surface area contributed by atoms with Gasteiger partial charge in [0.05, 0.1) is 0 Å². The van der Waals surface area contributed by atoms with Crippen molar-refractivity contribution in [1.29, 1.82) is 0 Å². The molecule has 1 unspecified atom stereocenters. The summed E-state index contributed by atoms with van der Waals surface area (Å²) < 4.78 is 0. The highest BCUT2D eigenvalue weighted by atomic mass is 79.9. The normalized spacial score (nSPS) is 45.9. The van der Waals surface area contributed by atoms with Gasteiger partial charge in [-0.1, -0.05) is 28.8 Å². The summed E-state index contributed by atoms with van der Waals surface area (Å²) in [7, 11) is 0. The first kappa shape index (κ1) is 7.15. The Kier molecular flexibility index (Phi) is 2.03. The predicted octanol–water partition coefficient (Wildman–Crippen LogP) is 3.21. The Hall–Kier alpha value is 0.480. The molecule has 0 nitrogen and oxygen atoms in total. The lowest BCUT2D eigenvalue weighted by atomic mass is 9.65. The lowest BCUT2D eigenvalue weighted by Crippen LogP contribution is -2.31. The Morgan fingerprint density at radius 2 is 1.80 bits per heavy atom. The van der Waals surface area contributed by atoms with E-state index in [-0.39, 0.29) is 0 Å². The molecule has 0 radical (unpaired) electrons. The molecule has 0 aromatic rings. The number of alkyl halides is 1. The minimum atomic E-state index is 1.03. The molecule has 3 fully saturated rings. The molecule has 0 heterocycles. The van der Waals surface area contributed by atoms with Crippen LogP contribution in [0.2, 0.25) is 0 Å². The largest absolute Gasteiger partial charge is 0.0925 e. The van der Waals surface area contributed by atoms with Crippen LogP contribution in [0, 0.1) is 17.8 Å². The van der Waals surface area contributed by atoms with Crippen LogP contribution >= 0.6 is 15.9 Å². The third-order valence-electron chi connectivity index (χ3n) is 3.39. The van der Waals surface area contributed by atoms with Crippen molar-refractivity contribution in [1.82, 2.24) is 0 Å². The van der Waals surface area contributed by atoms with E-state index >= 15 is 0 Å². The Bertz CT molecular complexity index is 114. The molecule has 1 atom stereocenters. The predicted molar refractivity (Wildman–Crippen MR) is 47.3 cm³/mol. The zero-order chi connectivity index (χ0) is 6.97. The van der Waals surface area contributed by atoms with Crippen molar-refractivity contribution in [3.05, 3.63) is 0 Å². The molecule has 0 aromatic heterocycles. The highest BCUT2D eigenvalue weighted by Gasteiger charge is 2.34. The van der Waals surface area contributed by atoms with Crippen molar-refractivity contribution >= 4 is 15.9 Å². The van der Waals surface area contributed by atoms with Crippen LogP contribution in [0.1, 0.15) is 32.1 Å². The second-order valence-corrected chi connectivity index (χ2v) is 4.58. The summed E-state index contributed by atoms with van der Waals surface area (Å²) in [6, 6.07) is 0. The molecule has 0 saturated heterocycles. The highest BCUT2D eigenvalue weighted by Crippen LogP contribution is 2.45. The maximum Gasteiger partial charge on any atom is 0.00624 e. The van der Waals surface area contributed by atoms with E-state index in [0.717, 1.165) is 17.8 Å². The van der Waals surface area contributed by atoms with Gasteiger partial charge in [-0.25, -0.2) is 0 Å². The van der Waals surface area contributed by atoms with Crippen molar-refractivity contribution in [2.45, 2.75) is 32.1 Å². The molecule has 0 amide bonds. The Morgan fingerprint density at radius 3 is 2.10 bits per heavy atom. The van der Waals surface area contributed by atoms with Gasteiger partial charge in [0.1, 0.15) is 0 Å². The van der Waals surface area contributed by atoms with E-state index in [1.54, 1.807) is 0 Å². The fourth-order valence-electron chi connectivity index (χ4n) is 2.70. The van der Waals surface area contributed by atoms with Gasteiger partial charge in [0.2, 0.25) is 0 Å². The third kappa shape index (κ3) is 1.13. The molecule has 58 valence electrons. The van der Waals surface area contributed by atoms with Gasteiger partial charge in [-0.3, -0.25) is 0 Å². The molecule has 3 saturated carbocycles. The fraction of sp³-hybridized carbons (Fsp3) is 1.00. The second-order valence-electron chi connectivity index (χ2n) is 3.93. The Morgan fingerprint density at radius 1 is 1.10 bits per heavy atom. The van der Waals surface area contributed by atoms with Crippen molar-refractivity contribution in [2.24, 2.45) is 17.8 Å². The number of halogens is 1. The summed E-state index contributed by atoms with van der Waals surface area (Å²) >= 11 is 3.61. The summed E-state index contributed by atoms with van der Waals surface area (Å²) in [5.41, 5.74) is 0. The molecular formula is C9H15Br. The number of fused-ring (bicyclic) bond motifs is 3. The molecule has 2 bridgehead atoms. The Balaban J connectivity index is 2.01. The summed E-state index contributed by atoms with van der Waals surface area (Å²) in [4.78, 5) is 0. The van der Waals surface area contributed by atoms with Gasteiger partial charge < -0.3 is 0 Å². The van der Waals surface area contributed by atoms with Gasteiger partial charge in [-0.2, -0.15) is 0 Å². The van der Waals surface area contributed by atoms with Crippen molar-refractivity contribution in [3.63, 3.8) is 0 Å². The number of hydrogen-bond donors (Lipinski definition) is 0. The molecule has 1 heteroatoms. The average Bonchev–Trinajstić information content (AvgIpc) is 2.06. The van der Waals surface area contributed by atoms with Crippen LogP contribution in [0.25, 0.3) is 0 Å². The Labute approximate surface area is 71.5 Å². The van der Waals surface area contributed by atoms with Gasteiger partial charge >= 0.3 is 0 Å². The van der Waals surface area contributed by atoms with E-state index in [9.17, 15) is 0 Å². The van der Waals surface area contributed by atoms with Crippen LogP contribution < -0.4 is 0 Å². The smallest absolute Gasteiger partial charge is 0.00624 e. The van der Waals surface area contributed by atoms with E-state index in [1.165, 1.54) is 37.4 Å². The van der Waals surface area contributed by atoms with E-state index in [4.69, 9.17) is 0 Å². The molecule has 0 spiro atoms. The van der Waals surface area contributed by atoms with Crippen molar-refractivity contribution in [2.75, 3.05) is 5.33 Å². The van der Waals surface area contributed by atoms with Crippen molar-refractivity contribution < 1.29 is 0 Å². The molecule has 3 rings (SSSR count). The van der Waals surface area contributed by atoms with Crippen LogP contribution in [-0.4, -0.2) is 5.33 Å². The number of hydrogen-bond acceptors (Lipinski definition) is 0. The van der Waals surface area contributed by atoms with Gasteiger partial charge in [0.15, 0.2) is 0 Å². The van der Waals surface area contributed by atoms with Crippen LogP contribution in [0.5, 0.6) is 0 Å². The third-order valence-corrected chi connectivity index (χ3v) is 4.22. The first-order valence-corrected chi connectivity index (χ1v) is 5.58. The van der Waals surface area contributed by atoms with E-state index in [1.807, 2.05) is 0 Å². The van der Waals surface area contributed by atoms with Gasteiger partial charge in [-0.15, -0.1) is 0 Å². The minimum Gasteiger partial charge on any atom is -0.0925 e. The average molecular weight is 203 g/mol. The van der Waals surface area contributed by atoms with E-state index < -0.39 is 0 Å². The minimum absolute atomic E-state index is 1.03. The van der Waals surface area contributed by atoms with Crippen molar-refractivity contribution in [3.8, 4) is 0 Å². The van der Waals surface area contributed by atoms with Crippen LogP contribution in [0.3, 0.4) is 0 Å². The van der Waals surface area contributed by atoms with Gasteiger partial charge in [0.25, 0.3) is 0 Å². The summed E-state index contributed by atoms with van der Waals surface area (Å²) in [6.45, 7) is 0.